The number of rotatable bonds is 8. The van der Waals surface area contributed by atoms with E-state index in [2.05, 4.69) is 41.8 Å². The van der Waals surface area contributed by atoms with Crippen LogP contribution in [0.4, 0.5) is 0 Å². The molecule has 1 atom stereocenters. The van der Waals surface area contributed by atoms with Crippen molar-refractivity contribution in [2.45, 2.75) is 78.3 Å². The van der Waals surface area contributed by atoms with Gasteiger partial charge in [-0.3, -0.25) is 0 Å². The average Bonchev–Trinajstić information content (AvgIpc) is 2.98. The van der Waals surface area contributed by atoms with Crippen molar-refractivity contribution in [3.05, 3.63) is 18.2 Å². The molecule has 2 rings (SSSR count). The SMILES string of the molecule is CCCNC(Cc1nccn1CC)C1CCC(CC)CC1. The standard InChI is InChI=1S/C18H33N3/c1-4-11-19-17(14-18-20-12-13-21(18)6-3)16-9-7-15(5-2)8-10-16/h12-13,15-17,19H,4-11,14H2,1-3H3. The van der Waals surface area contributed by atoms with Crippen molar-refractivity contribution in [3.63, 3.8) is 0 Å². The molecule has 1 aliphatic rings. The lowest BCUT2D eigenvalue weighted by Crippen LogP contribution is -2.40. The van der Waals surface area contributed by atoms with Gasteiger partial charge in [-0.05, 0) is 44.6 Å². The van der Waals surface area contributed by atoms with E-state index in [4.69, 9.17) is 0 Å². The van der Waals surface area contributed by atoms with Crippen molar-refractivity contribution in [2.24, 2.45) is 11.8 Å². The molecule has 0 amide bonds. The van der Waals surface area contributed by atoms with E-state index in [9.17, 15) is 0 Å². The minimum atomic E-state index is 0.607. The smallest absolute Gasteiger partial charge is 0.110 e. The Bertz CT molecular complexity index is 391. The molecule has 0 aliphatic heterocycles. The van der Waals surface area contributed by atoms with Crippen LogP contribution in [0.3, 0.4) is 0 Å². The number of imidazole rings is 1. The van der Waals surface area contributed by atoms with E-state index in [0.717, 1.165) is 31.3 Å². The number of nitrogens with zero attached hydrogens (tertiary/aromatic N) is 2. The Balaban J connectivity index is 1.97. The van der Waals surface area contributed by atoms with Gasteiger partial charge in [0.05, 0.1) is 0 Å². The molecule has 1 N–H and O–H groups in total. The third-order valence-corrected chi connectivity index (χ3v) is 5.24. The third-order valence-electron chi connectivity index (χ3n) is 5.24. The van der Waals surface area contributed by atoms with Crippen molar-refractivity contribution >= 4 is 0 Å². The summed E-state index contributed by atoms with van der Waals surface area (Å²) in [6, 6.07) is 0.607. The van der Waals surface area contributed by atoms with Gasteiger partial charge in [-0.2, -0.15) is 0 Å². The van der Waals surface area contributed by atoms with Crippen LogP contribution in [0, 0.1) is 11.8 Å². The van der Waals surface area contributed by atoms with Crippen molar-refractivity contribution in [2.75, 3.05) is 6.54 Å². The Hall–Kier alpha value is -0.830. The van der Waals surface area contributed by atoms with Gasteiger partial charge in [0.1, 0.15) is 5.82 Å². The molecular weight excluding hydrogens is 258 g/mol. The van der Waals surface area contributed by atoms with Gasteiger partial charge < -0.3 is 9.88 Å². The molecule has 1 saturated carbocycles. The fourth-order valence-electron chi connectivity index (χ4n) is 3.75. The Labute approximate surface area is 130 Å². The van der Waals surface area contributed by atoms with Crippen molar-refractivity contribution < 1.29 is 0 Å². The molecule has 3 heteroatoms. The lowest BCUT2D eigenvalue weighted by molar-refractivity contribution is 0.214. The highest BCUT2D eigenvalue weighted by Crippen LogP contribution is 2.33. The second-order valence-electron chi connectivity index (χ2n) is 6.58. The van der Waals surface area contributed by atoms with E-state index in [1.54, 1.807) is 0 Å². The largest absolute Gasteiger partial charge is 0.335 e. The van der Waals surface area contributed by atoms with E-state index < -0.39 is 0 Å². The Morgan fingerprint density at radius 3 is 2.62 bits per heavy atom. The maximum absolute atomic E-state index is 4.58. The minimum Gasteiger partial charge on any atom is -0.335 e. The molecule has 1 unspecified atom stereocenters. The first-order valence-corrected chi connectivity index (χ1v) is 9.01. The Morgan fingerprint density at radius 2 is 2.00 bits per heavy atom. The van der Waals surface area contributed by atoms with Crippen LogP contribution in [0.15, 0.2) is 12.4 Å². The van der Waals surface area contributed by atoms with Crippen LogP contribution in [0.25, 0.3) is 0 Å². The van der Waals surface area contributed by atoms with Gasteiger partial charge in [-0.1, -0.05) is 33.1 Å². The molecule has 1 heterocycles. The van der Waals surface area contributed by atoms with Gasteiger partial charge in [0.15, 0.2) is 0 Å². The molecule has 21 heavy (non-hydrogen) atoms. The van der Waals surface area contributed by atoms with Gasteiger partial charge in [-0.25, -0.2) is 4.98 Å². The summed E-state index contributed by atoms with van der Waals surface area (Å²) >= 11 is 0. The zero-order valence-corrected chi connectivity index (χ0v) is 14.1. The number of aromatic nitrogens is 2. The summed E-state index contributed by atoms with van der Waals surface area (Å²) in [6.45, 7) is 8.95. The molecule has 0 bridgehead atoms. The highest BCUT2D eigenvalue weighted by Gasteiger charge is 2.27. The molecule has 1 aliphatic carbocycles. The quantitative estimate of drug-likeness (QED) is 0.783. The molecule has 1 aromatic rings. The Morgan fingerprint density at radius 1 is 1.24 bits per heavy atom. The lowest BCUT2D eigenvalue weighted by atomic mass is 9.77. The summed E-state index contributed by atoms with van der Waals surface area (Å²) in [4.78, 5) is 4.58. The molecule has 0 spiro atoms. The second kappa shape index (κ2) is 8.57. The highest BCUT2D eigenvalue weighted by molar-refractivity contribution is 4.97. The first kappa shape index (κ1) is 16.5. The summed E-state index contributed by atoms with van der Waals surface area (Å²) in [6.07, 6.45) is 13.4. The highest BCUT2D eigenvalue weighted by atomic mass is 15.1. The van der Waals surface area contributed by atoms with Gasteiger partial charge >= 0.3 is 0 Å². The first-order chi connectivity index (χ1) is 10.3. The van der Waals surface area contributed by atoms with E-state index in [-0.39, 0.29) is 0 Å². The van der Waals surface area contributed by atoms with Crippen LogP contribution >= 0.6 is 0 Å². The lowest BCUT2D eigenvalue weighted by Gasteiger charge is -2.34. The third kappa shape index (κ3) is 4.57. The van der Waals surface area contributed by atoms with Gasteiger partial charge in [0, 0.05) is 31.4 Å². The molecule has 120 valence electrons. The monoisotopic (exact) mass is 291 g/mol. The topological polar surface area (TPSA) is 29.9 Å². The predicted molar refractivity (Wildman–Crippen MR) is 89.4 cm³/mol. The number of nitrogens with one attached hydrogen (secondary N) is 1. The van der Waals surface area contributed by atoms with Crippen LogP contribution in [0.5, 0.6) is 0 Å². The van der Waals surface area contributed by atoms with Crippen LogP contribution in [-0.2, 0) is 13.0 Å². The molecule has 0 radical (unpaired) electrons. The zero-order chi connectivity index (χ0) is 15.1. The van der Waals surface area contributed by atoms with Crippen molar-refractivity contribution in [1.29, 1.82) is 0 Å². The van der Waals surface area contributed by atoms with Crippen LogP contribution in [-0.4, -0.2) is 22.1 Å². The fraction of sp³-hybridized carbons (Fsp3) is 0.833. The van der Waals surface area contributed by atoms with Gasteiger partial charge in [-0.15, -0.1) is 0 Å². The summed E-state index contributed by atoms with van der Waals surface area (Å²) < 4.78 is 2.29. The summed E-state index contributed by atoms with van der Waals surface area (Å²) in [5.41, 5.74) is 0. The minimum absolute atomic E-state index is 0.607. The summed E-state index contributed by atoms with van der Waals surface area (Å²) in [5.74, 6) is 3.07. The number of aryl methyl sites for hydroxylation is 1. The van der Waals surface area contributed by atoms with Crippen LogP contribution < -0.4 is 5.32 Å². The predicted octanol–water partition coefficient (Wildman–Crippen LogP) is 4.03. The molecule has 3 nitrogen and oxygen atoms in total. The second-order valence-corrected chi connectivity index (χ2v) is 6.58. The number of hydrogen-bond donors (Lipinski definition) is 1. The van der Waals surface area contributed by atoms with E-state index >= 15 is 0 Å². The first-order valence-electron chi connectivity index (χ1n) is 9.01. The normalized spacial score (nSPS) is 24.1. The molecule has 0 aromatic carbocycles. The van der Waals surface area contributed by atoms with E-state index in [0.29, 0.717) is 6.04 Å². The van der Waals surface area contributed by atoms with E-state index in [1.165, 1.54) is 44.3 Å². The van der Waals surface area contributed by atoms with Crippen LogP contribution in [0.1, 0.15) is 65.1 Å². The maximum atomic E-state index is 4.58. The Kier molecular flexibility index (Phi) is 6.75. The van der Waals surface area contributed by atoms with Crippen LogP contribution in [0.2, 0.25) is 0 Å². The van der Waals surface area contributed by atoms with Crippen molar-refractivity contribution in [1.82, 2.24) is 14.9 Å². The molecule has 1 aromatic heterocycles. The average molecular weight is 291 g/mol. The van der Waals surface area contributed by atoms with E-state index in [1.807, 2.05) is 6.20 Å². The number of hydrogen-bond acceptors (Lipinski definition) is 2. The van der Waals surface area contributed by atoms with Crippen molar-refractivity contribution in [3.8, 4) is 0 Å². The van der Waals surface area contributed by atoms with Gasteiger partial charge in [0.2, 0.25) is 0 Å². The summed E-state index contributed by atoms with van der Waals surface area (Å²) in [7, 11) is 0. The molecular formula is C18H33N3. The fourth-order valence-corrected chi connectivity index (χ4v) is 3.75. The molecule has 0 saturated heterocycles. The van der Waals surface area contributed by atoms with Gasteiger partial charge in [0.25, 0.3) is 0 Å². The zero-order valence-electron chi connectivity index (χ0n) is 14.1. The summed E-state index contributed by atoms with van der Waals surface area (Å²) in [5, 5.41) is 3.81. The molecule has 1 fully saturated rings. The maximum Gasteiger partial charge on any atom is 0.110 e.